The van der Waals surface area contributed by atoms with E-state index >= 15 is 0 Å². The zero-order chi connectivity index (χ0) is 9.80. The molecule has 1 saturated heterocycles. The molecular weight excluding hydrogens is 178 g/mol. The molecular formula is C11H15NO2. The van der Waals surface area contributed by atoms with Gasteiger partial charge in [-0.05, 0) is 25.5 Å². The smallest absolute Gasteiger partial charge is 0.124 e. The zero-order valence-corrected chi connectivity index (χ0v) is 8.19. The van der Waals surface area contributed by atoms with Crippen LogP contribution < -0.4 is 0 Å². The molecule has 0 aliphatic carbocycles. The number of piperidine rings is 1. The first-order valence-corrected chi connectivity index (χ1v) is 5.07. The van der Waals surface area contributed by atoms with Crippen molar-refractivity contribution in [3.63, 3.8) is 0 Å². The van der Waals surface area contributed by atoms with Crippen LogP contribution in [0.4, 0.5) is 0 Å². The number of likely N-dealkylation sites (tertiary alicyclic amines) is 1. The van der Waals surface area contributed by atoms with Crippen LogP contribution in [0.25, 0.3) is 0 Å². The normalized spacial score (nSPS) is 23.6. The maximum Gasteiger partial charge on any atom is 0.124 e. The lowest BCUT2D eigenvalue weighted by molar-refractivity contribution is -0.112. The minimum absolute atomic E-state index is 0.232. The maximum absolute atomic E-state index is 10.7. The minimum Gasteiger partial charge on any atom is -0.472 e. The first kappa shape index (κ1) is 9.46. The first-order valence-electron chi connectivity index (χ1n) is 5.07. The fraction of sp³-hybridized carbons (Fsp3) is 0.545. The molecule has 0 N–H and O–H groups in total. The van der Waals surface area contributed by atoms with Crippen molar-refractivity contribution in [2.45, 2.75) is 19.4 Å². The Hall–Kier alpha value is -1.09. The molecule has 0 aromatic carbocycles. The summed E-state index contributed by atoms with van der Waals surface area (Å²) >= 11 is 0. The average molecular weight is 193 g/mol. The third-order valence-corrected chi connectivity index (χ3v) is 2.72. The SMILES string of the molecule is O=CC1CCCN(Cc2ccoc2)C1. The van der Waals surface area contributed by atoms with E-state index in [1.54, 1.807) is 12.5 Å². The number of hydrogen-bond donors (Lipinski definition) is 0. The summed E-state index contributed by atoms with van der Waals surface area (Å²) in [5.41, 5.74) is 1.19. The van der Waals surface area contributed by atoms with Crippen LogP contribution >= 0.6 is 0 Å². The van der Waals surface area contributed by atoms with Gasteiger partial charge in [0.05, 0.1) is 12.5 Å². The first-order chi connectivity index (χ1) is 6.88. The summed E-state index contributed by atoms with van der Waals surface area (Å²) in [4.78, 5) is 13.0. The Morgan fingerprint density at radius 2 is 2.57 bits per heavy atom. The highest BCUT2D eigenvalue weighted by Gasteiger charge is 2.19. The Labute approximate surface area is 83.7 Å². The number of furan rings is 1. The highest BCUT2D eigenvalue weighted by molar-refractivity contribution is 5.53. The molecule has 3 heteroatoms. The minimum atomic E-state index is 0.232. The Kier molecular flexibility index (Phi) is 2.99. The van der Waals surface area contributed by atoms with E-state index in [0.29, 0.717) is 0 Å². The van der Waals surface area contributed by atoms with Crippen molar-refractivity contribution in [1.29, 1.82) is 0 Å². The second-order valence-electron chi connectivity index (χ2n) is 3.91. The number of rotatable bonds is 3. The molecule has 1 fully saturated rings. The van der Waals surface area contributed by atoms with Gasteiger partial charge in [-0.1, -0.05) is 0 Å². The van der Waals surface area contributed by atoms with Crippen LogP contribution in [0.1, 0.15) is 18.4 Å². The van der Waals surface area contributed by atoms with Crippen molar-refractivity contribution in [2.75, 3.05) is 13.1 Å². The van der Waals surface area contributed by atoms with Gasteiger partial charge in [-0.3, -0.25) is 4.90 Å². The van der Waals surface area contributed by atoms with E-state index in [4.69, 9.17) is 4.42 Å². The Balaban J connectivity index is 1.89. The lowest BCUT2D eigenvalue weighted by atomic mass is 9.99. The number of carbonyl (C=O) groups excluding carboxylic acids is 1. The summed E-state index contributed by atoms with van der Waals surface area (Å²) in [5.74, 6) is 0.232. The molecule has 14 heavy (non-hydrogen) atoms. The molecule has 1 aliphatic heterocycles. The van der Waals surface area contributed by atoms with Crippen molar-refractivity contribution in [3.8, 4) is 0 Å². The van der Waals surface area contributed by atoms with Gasteiger partial charge < -0.3 is 9.21 Å². The van der Waals surface area contributed by atoms with Gasteiger partial charge in [-0.25, -0.2) is 0 Å². The van der Waals surface area contributed by atoms with Gasteiger partial charge in [-0.15, -0.1) is 0 Å². The second kappa shape index (κ2) is 4.42. The molecule has 3 nitrogen and oxygen atoms in total. The van der Waals surface area contributed by atoms with Gasteiger partial charge >= 0.3 is 0 Å². The van der Waals surface area contributed by atoms with Gasteiger partial charge in [0.25, 0.3) is 0 Å². The summed E-state index contributed by atoms with van der Waals surface area (Å²) in [6.45, 7) is 2.89. The molecule has 2 rings (SSSR count). The molecule has 2 heterocycles. The summed E-state index contributed by atoms with van der Waals surface area (Å²) in [6.07, 6.45) is 6.72. The quantitative estimate of drug-likeness (QED) is 0.685. The van der Waals surface area contributed by atoms with Crippen molar-refractivity contribution in [2.24, 2.45) is 5.92 Å². The van der Waals surface area contributed by atoms with E-state index in [1.807, 2.05) is 6.07 Å². The van der Waals surface area contributed by atoms with Crippen molar-refractivity contribution in [1.82, 2.24) is 4.90 Å². The highest BCUT2D eigenvalue weighted by Crippen LogP contribution is 2.16. The van der Waals surface area contributed by atoms with Crippen molar-refractivity contribution in [3.05, 3.63) is 24.2 Å². The Bertz CT molecular complexity index is 281. The van der Waals surface area contributed by atoms with E-state index in [0.717, 1.165) is 38.8 Å². The topological polar surface area (TPSA) is 33.5 Å². The predicted octanol–water partition coefficient (Wildman–Crippen LogP) is 1.69. The molecule has 1 aromatic rings. The van der Waals surface area contributed by atoms with Crippen LogP contribution in [0.15, 0.2) is 23.0 Å². The maximum atomic E-state index is 10.7. The van der Waals surface area contributed by atoms with Crippen LogP contribution in [0, 0.1) is 5.92 Å². The number of aldehydes is 1. The summed E-state index contributed by atoms with van der Waals surface area (Å²) in [6, 6.07) is 1.98. The molecule has 0 amide bonds. The monoisotopic (exact) mass is 193 g/mol. The highest BCUT2D eigenvalue weighted by atomic mass is 16.3. The fourth-order valence-electron chi connectivity index (χ4n) is 1.99. The van der Waals surface area contributed by atoms with E-state index in [-0.39, 0.29) is 5.92 Å². The summed E-state index contributed by atoms with van der Waals surface area (Å²) in [7, 11) is 0. The number of carbonyl (C=O) groups is 1. The molecule has 0 spiro atoms. The van der Waals surface area contributed by atoms with E-state index in [1.165, 1.54) is 5.56 Å². The van der Waals surface area contributed by atoms with Crippen LogP contribution in [-0.2, 0) is 11.3 Å². The van der Waals surface area contributed by atoms with Crippen LogP contribution in [-0.4, -0.2) is 24.3 Å². The molecule has 0 bridgehead atoms. The summed E-state index contributed by atoms with van der Waals surface area (Å²) < 4.78 is 5.01. The van der Waals surface area contributed by atoms with Gasteiger partial charge in [0.15, 0.2) is 0 Å². The average Bonchev–Trinajstić information content (AvgIpc) is 2.71. The lowest BCUT2D eigenvalue weighted by Crippen LogP contribution is -2.35. The van der Waals surface area contributed by atoms with Gasteiger partial charge in [-0.2, -0.15) is 0 Å². The van der Waals surface area contributed by atoms with E-state index < -0.39 is 0 Å². The van der Waals surface area contributed by atoms with Crippen LogP contribution in [0.5, 0.6) is 0 Å². The molecule has 0 radical (unpaired) electrons. The fourth-order valence-corrected chi connectivity index (χ4v) is 1.99. The molecule has 76 valence electrons. The van der Waals surface area contributed by atoms with Crippen molar-refractivity contribution >= 4 is 6.29 Å². The largest absolute Gasteiger partial charge is 0.472 e. The second-order valence-corrected chi connectivity index (χ2v) is 3.91. The van der Waals surface area contributed by atoms with Gasteiger partial charge in [0, 0.05) is 24.6 Å². The Morgan fingerprint density at radius 1 is 1.64 bits per heavy atom. The zero-order valence-electron chi connectivity index (χ0n) is 8.19. The van der Waals surface area contributed by atoms with Crippen LogP contribution in [0.2, 0.25) is 0 Å². The third-order valence-electron chi connectivity index (χ3n) is 2.72. The molecule has 1 atom stereocenters. The van der Waals surface area contributed by atoms with Gasteiger partial charge in [0.2, 0.25) is 0 Å². The Morgan fingerprint density at radius 3 is 3.29 bits per heavy atom. The van der Waals surface area contributed by atoms with E-state index in [2.05, 4.69) is 4.90 Å². The third kappa shape index (κ3) is 2.23. The lowest BCUT2D eigenvalue weighted by Gasteiger charge is -2.29. The number of hydrogen-bond acceptors (Lipinski definition) is 3. The van der Waals surface area contributed by atoms with E-state index in [9.17, 15) is 4.79 Å². The molecule has 1 aromatic heterocycles. The summed E-state index contributed by atoms with van der Waals surface area (Å²) in [5, 5.41) is 0. The molecule has 0 saturated carbocycles. The standard InChI is InChI=1S/C11H15NO2/c13-8-10-2-1-4-12(6-10)7-11-3-5-14-9-11/h3,5,8-10H,1-2,4,6-7H2. The van der Waals surface area contributed by atoms with Crippen molar-refractivity contribution < 1.29 is 9.21 Å². The molecule has 1 aliphatic rings. The predicted molar refractivity (Wildman–Crippen MR) is 52.8 cm³/mol. The van der Waals surface area contributed by atoms with Gasteiger partial charge in [0.1, 0.15) is 6.29 Å². The molecule has 1 unspecified atom stereocenters. The van der Waals surface area contributed by atoms with Crippen LogP contribution in [0.3, 0.4) is 0 Å². The number of nitrogens with zero attached hydrogens (tertiary/aromatic N) is 1.